The van der Waals surface area contributed by atoms with Gasteiger partial charge in [-0.2, -0.15) is 0 Å². The molecule has 4 nitrogen and oxygen atoms in total. The summed E-state index contributed by atoms with van der Waals surface area (Å²) in [5.74, 6) is -1.47. The lowest BCUT2D eigenvalue weighted by Crippen LogP contribution is -2.41. The first-order chi connectivity index (χ1) is 13.5. The lowest BCUT2D eigenvalue weighted by Gasteiger charge is -2.29. The SMILES string of the molecule is Cn1cc(C2(CNC(=O)Nc3ccc(F)cc3F)CCCC2)c2ccccc21. The Bertz CT molecular complexity index is 1020. The number of amides is 2. The number of rotatable bonds is 4. The molecule has 1 fully saturated rings. The van der Waals surface area contributed by atoms with E-state index in [1.807, 2.05) is 19.2 Å². The van der Waals surface area contributed by atoms with Gasteiger partial charge in [-0.05, 0) is 36.6 Å². The van der Waals surface area contributed by atoms with Crippen LogP contribution in [-0.2, 0) is 12.5 Å². The maximum Gasteiger partial charge on any atom is 0.319 e. The quantitative estimate of drug-likeness (QED) is 0.648. The zero-order valence-electron chi connectivity index (χ0n) is 15.8. The molecule has 6 heteroatoms. The van der Waals surface area contributed by atoms with Crippen LogP contribution in [0.2, 0.25) is 0 Å². The molecule has 1 aromatic heterocycles. The molecule has 1 heterocycles. The molecule has 4 rings (SSSR count). The van der Waals surface area contributed by atoms with Gasteiger partial charge in [-0.3, -0.25) is 0 Å². The number of aromatic nitrogens is 1. The highest BCUT2D eigenvalue weighted by atomic mass is 19.1. The van der Waals surface area contributed by atoms with Crippen molar-refractivity contribution in [2.45, 2.75) is 31.1 Å². The Kier molecular flexibility index (Phi) is 4.79. The molecule has 0 radical (unpaired) electrons. The van der Waals surface area contributed by atoms with Crippen molar-refractivity contribution in [1.29, 1.82) is 0 Å². The summed E-state index contributed by atoms with van der Waals surface area (Å²) in [6.45, 7) is 0.468. The van der Waals surface area contributed by atoms with Gasteiger partial charge < -0.3 is 15.2 Å². The molecular weight excluding hydrogens is 360 g/mol. The molecule has 0 atom stereocenters. The van der Waals surface area contributed by atoms with Crippen molar-refractivity contribution in [2.75, 3.05) is 11.9 Å². The highest BCUT2D eigenvalue weighted by Crippen LogP contribution is 2.44. The minimum absolute atomic E-state index is 0.0375. The third-order valence-corrected chi connectivity index (χ3v) is 5.80. The summed E-state index contributed by atoms with van der Waals surface area (Å²) in [7, 11) is 2.03. The standard InChI is InChI=1S/C22H23F2N3O/c1-27-13-17(16-6-2-3-7-20(16)27)22(10-4-5-11-22)14-25-21(28)26-19-9-8-15(23)12-18(19)24/h2-3,6-9,12-13H,4-5,10-11,14H2,1H3,(H2,25,26,28). The van der Waals surface area contributed by atoms with Crippen LogP contribution in [0.15, 0.2) is 48.7 Å². The summed E-state index contributed by atoms with van der Waals surface area (Å²) >= 11 is 0. The van der Waals surface area contributed by atoms with Crippen LogP contribution in [0.5, 0.6) is 0 Å². The highest BCUT2D eigenvalue weighted by Gasteiger charge is 2.38. The molecule has 0 spiro atoms. The second-order valence-electron chi connectivity index (χ2n) is 7.59. The number of anilines is 1. The zero-order chi connectivity index (χ0) is 19.7. The third kappa shape index (κ3) is 3.35. The monoisotopic (exact) mass is 383 g/mol. The predicted molar refractivity (Wildman–Crippen MR) is 106 cm³/mol. The summed E-state index contributed by atoms with van der Waals surface area (Å²) in [6.07, 6.45) is 6.37. The Hall–Kier alpha value is -2.89. The summed E-state index contributed by atoms with van der Waals surface area (Å²) in [5.41, 5.74) is 2.24. The highest BCUT2D eigenvalue weighted by molar-refractivity contribution is 5.90. The number of para-hydroxylation sites is 1. The largest absolute Gasteiger partial charge is 0.350 e. The first-order valence-electron chi connectivity index (χ1n) is 9.53. The van der Waals surface area contributed by atoms with E-state index in [9.17, 15) is 13.6 Å². The van der Waals surface area contributed by atoms with Crippen molar-refractivity contribution in [3.63, 3.8) is 0 Å². The molecule has 28 heavy (non-hydrogen) atoms. The molecule has 2 aromatic carbocycles. The molecule has 1 aliphatic carbocycles. The van der Waals surface area contributed by atoms with E-state index >= 15 is 0 Å². The molecule has 0 saturated heterocycles. The van der Waals surface area contributed by atoms with E-state index in [0.29, 0.717) is 6.54 Å². The number of halogens is 2. The molecule has 0 unspecified atom stereocenters. The van der Waals surface area contributed by atoms with E-state index in [1.165, 1.54) is 22.5 Å². The van der Waals surface area contributed by atoms with Gasteiger partial charge in [0.2, 0.25) is 0 Å². The minimum Gasteiger partial charge on any atom is -0.350 e. The van der Waals surface area contributed by atoms with Gasteiger partial charge in [0.15, 0.2) is 0 Å². The number of nitrogens with zero attached hydrogens (tertiary/aromatic N) is 1. The van der Waals surface area contributed by atoms with Crippen LogP contribution in [0, 0.1) is 11.6 Å². The van der Waals surface area contributed by atoms with Gasteiger partial charge in [-0.25, -0.2) is 13.6 Å². The van der Waals surface area contributed by atoms with E-state index in [1.54, 1.807) is 0 Å². The van der Waals surface area contributed by atoms with Crippen LogP contribution in [0.3, 0.4) is 0 Å². The second kappa shape index (κ2) is 7.26. The fourth-order valence-corrected chi connectivity index (χ4v) is 4.36. The molecule has 3 aromatic rings. The van der Waals surface area contributed by atoms with Crippen LogP contribution >= 0.6 is 0 Å². The average Bonchev–Trinajstić information content (AvgIpc) is 3.29. The van der Waals surface area contributed by atoms with Gasteiger partial charge in [0, 0.05) is 42.2 Å². The van der Waals surface area contributed by atoms with E-state index in [-0.39, 0.29) is 11.1 Å². The van der Waals surface area contributed by atoms with Gasteiger partial charge in [0.25, 0.3) is 0 Å². The van der Waals surface area contributed by atoms with E-state index in [2.05, 4.69) is 33.5 Å². The van der Waals surface area contributed by atoms with Gasteiger partial charge in [0.1, 0.15) is 11.6 Å². The Labute approximate surface area is 162 Å². The topological polar surface area (TPSA) is 46.1 Å². The summed E-state index contributed by atoms with van der Waals surface area (Å²) in [5, 5.41) is 6.59. The molecular formula is C22H23F2N3O. The first kappa shape index (κ1) is 18.5. The van der Waals surface area contributed by atoms with Crippen LogP contribution in [0.25, 0.3) is 10.9 Å². The summed E-state index contributed by atoms with van der Waals surface area (Å²) < 4.78 is 28.9. The van der Waals surface area contributed by atoms with Crippen molar-refractivity contribution >= 4 is 22.6 Å². The van der Waals surface area contributed by atoms with Gasteiger partial charge >= 0.3 is 6.03 Å². The number of hydrogen-bond donors (Lipinski definition) is 2. The van der Waals surface area contributed by atoms with Gasteiger partial charge in [-0.1, -0.05) is 31.0 Å². The Balaban J connectivity index is 1.54. The van der Waals surface area contributed by atoms with Crippen molar-refractivity contribution in [3.8, 4) is 0 Å². The van der Waals surface area contributed by atoms with Gasteiger partial charge in [0.05, 0.1) is 5.69 Å². The Morgan fingerprint density at radius 2 is 1.89 bits per heavy atom. The molecule has 0 aliphatic heterocycles. The van der Waals surface area contributed by atoms with Crippen LogP contribution < -0.4 is 10.6 Å². The van der Waals surface area contributed by atoms with Crippen molar-refractivity contribution in [2.24, 2.45) is 7.05 Å². The van der Waals surface area contributed by atoms with Crippen LogP contribution in [0.1, 0.15) is 31.2 Å². The number of carbonyl (C=O) groups is 1. The maximum atomic E-state index is 13.8. The molecule has 1 saturated carbocycles. The van der Waals surface area contributed by atoms with Crippen molar-refractivity contribution in [1.82, 2.24) is 9.88 Å². The van der Waals surface area contributed by atoms with Crippen LogP contribution in [-0.4, -0.2) is 17.1 Å². The van der Waals surface area contributed by atoms with Crippen molar-refractivity contribution in [3.05, 3.63) is 65.9 Å². The lowest BCUT2D eigenvalue weighted by atomic mass is 9.78. The fourth-order valence-electron chi connectivity index (χ4n) is 4.36. The van der Waals surface area contributed by atoms with Gasteiger partial charge in [-0.15, -0.1) is 0 Å². The second-order valence-corrected chi connectivity index (χ2v) is 7.59. The minimum atomic E-state index is -0.792. The number of aryl methyl sites for hydroxylation is 1. The smallest absolute Gasteiger partial charge is 0.319 e. The molecule has 146 valence electrons. The van der Waals surface area contributed by atoms with E-state index in [4.69, 9.17) is 0 Å². The predicted octanol–water partition coefficient (Wildman–Crippen LogP) is 5.09. The Morgan fingerprint density at radius 3 is 2.64 bits per heavy atom. The number of carbonyl (C=O) groups excluding carboxylic acids is 1. The van der Waals surface area contributed by atoms with E-state index in [0.717, 1.165) is 37.8 Å². The number of urea groups is 1. The lowest BCUT2D eigenvalue weighted by molar-refractivity contribution is 0.248. The first-order valence-corrected chi connectivity index (χ1v) is 9.53. The molecule has 2 amide bonds. The zero-order valence-corrected chi connectivity index (χ0v) is 15.8. The summed E-state index contributed by atoms with van der Waals surface area (Å²) in [6, 6.07) is 10.9. The maximum absolute atomic E-state index is 13.8. The normalized spacial score (nSPS) is 15.7. The number of hydrogen-bond acceptors (Lipinski definition) is 1. The number of benzene rings is 2. The van der Waals surface area contributed by atoms with E-state index < -0.39 is 17.7 Å². The number of nitrogens with one attached hydrogen (secondary N) is 2. The fraction of sp³-hybridized carbons (Fsp3) is 0.318. The number of fused-ring (bicyclic) bond motifs is 1. The van der Waals surface area contributed by atoms with Crippen LogP contribution in [0.4, 0.5) is 19.3 Å². The summed E-state index contributed by atoms with van der Waals surface area (Å²) in [4.78, 5) is 12.4. The average molecular weight is 383 g/mol. The van der Waals surface area contributed by atoms with Crippen molar-refractivity contribution < 1.29 is 13.6 Å². The molecule has 0 bridgehead atoms. The third-order valence-electron chi connectivity index (χ3n) is 5.80. The molecule has 2 N–H and O–H groups in total. The Morgan fingerprint density at radius 1 is 1.14 bits per heavy atom. The molecule has 1 aliphatic rings.